The average molecular weight is 466 g/mol. The molecule has 2 N–H and O–H groups in total. The van der Waals surface area contributed by atoms with E-state index in [-0.39, 0.29) is 11.8 Å². The van der Waals surface area contributed by atoms with Crippen LogP contribution in [-0.4, -0.2) is 42.3 Å². The molecule has 1 aliphatic carbocycles. The van der Waals surface area contributed by atoms with Gasteiger partial charge in [-0.3, -0.25) is 4.79 Å². The number of aryl methyl sites for hydroxylation is 1. The number of carboxylic acids is 1. The Hall–Kier alpha value is -2.86. The number of benzene rings is 2. The molecule has 2 aromatic rings. The summed E-state index contributed by atoms with van der Waals surface area (Å²) in [4.78, 5) is 25.3. The van der Waals surface area contributed by atoms with Crippen LogP contribution in [0.25, 0.3) is 0 Å². The van der Waals surface area contributed by atoms with Crippen LogP contribution >= 0.6 is 0 Å². The Bertz CT molecular complexity index is 1020. The molecule has 2 aromatic carbocycles. The molecule has 0 aromatic heterocycles. The van der Waals surface area contributed by atoms with E-state index in [4.69, 9.17) is 9.47 Å². The fourth-order valence-electron chi connectivity index (χ4n) is 4.96. The van der Waals surface area contributed by atoms with Crippen LogP contribution in [-0.2, 0) is 16.0 Å². The monoisotopic (exact) mass is 465 g/mol. The normalized spacial score (nSPS) is 22.6. The molecule has 6 nitrogen and oxygen atoms in total. The molecule has 1 aliphatic heterocycles. The Kier molecular flexibility index (Phi) is 7.57. The van der Waals surface area contributed by atoms with Crippen LogP contribution in [0.1, 0.15) is 72.0 Å². The zero-order valence-corrected chi connectivity index (χ0v) is 20.1. The van der Waals surface area contributed by atoms with Crippen molar-refractivity contribution in [2.24, 2.45) is 5.92 Å². The third kappa shape index (κ3) is 5.44. The van der Waals surface area contributed by atoms with E-state index in [1.807, 2.05) is 12.1 Å². The summed E-state index contributed by atoms with van der Waals surface area (Å²) in [7, 11) is 0. The lowest BCUT2D eigenvalue weighted by atomic mass is 9.75. The summed E-state index contributed by atoms with van der Waals surface area (Å²) in [6.45, 7) is 5.97. The molecule has 0 spiro atoms. The van der Waals surface area contributed by atoms with Gasteiger partial charge in [0.2, 0.25) is 0 Å². The summed E-state index contributed by atoms with van der Waals surface area (Å²) in [5.74, 6) is 0.140. The molecule has 1 saturated heterocycles. The summed E-state index contributed by atoms with van der Waals surface area (Å²) in [6.07, 6.45) is 4.36. The molecule has 6 heteroatoms. The molecule has 0 atom stereocenters. The van der Waals surface area contributed by atoms with Crippen molar-refractivity contribution in [3.05, 3.63) is 64.7 Å². The van der Waals surface area contributed by atoms with Gasteiger partial charge in [0.25, 0.3) is 5.91 Å². The van der Waals surface area contributed by atoms with E-state index in [9.17, 15) is 14.7 Å². The largest absolute Gasteiger partial charge is 0.493 e. The highest BCUT2D eigenvalue weighted by Crippen LogP contribution is 2.36. The van der Waals surface area contributed by atoms with E-state index in [0.29, 0.717) is 49.9 Å². The number of aliphatic carboxylic acids is 1. The third-order valence-electron chi connectivity index (χ3n) is 7.38. The molecule has 2 fully saturated rings. The van der Waals surface area contributed by atoms with Gasteiger partial charge < -0.3 is 19.9 Å². The Balaban J connectivity index is 1.49. The molecule has 1 saturated carbocycles. The maximum absolute atomic E-state index is 13.2. The van der Waals surface area contributed by atoms with E-state index in [2.05, 4.69) is 37.4 Å². The smallest absolute Gasteiger partial charge is 0.329 e. The minimum Gasteiger partial charge on any atom is -0.493 e. The van der Waals surface area contributed by atoms with Crippen LogP contribution in [0.15, 0.2) is 42.5 Å². The van der Waals surface area contributed by atoms with Crippen LogP contribution in [0.5, 0.6) is 5.75 Å². The number of carbonyl (C=O) groups excluding carboxylic acids is 1. The van der Waals surface area contributed by atoms with Crippen LogP contribution in [0.4, 0.5) is 0 Å². The number of nitrogens with one attached hydrogen (secondary N) is 1. The lowest BCUT2D eigenvalue weighted by molar-refractivity contribution is -0.146. The van der Waals surface area contributed by atoms with Crippen LogP contribution < -0.4 is 10.1 Å². The number of hydrogen-bond donors (Lipinski definition) is 2. The van der Waals surface area contributed by atoms with Crippen molar-refractivity contribution in [1.29, 1.82) is 0 Å². The van der Waals surface area contributed by atoms with E-state index in [1.165, 1.54) is 11.1 Å². The fraction of sp³-hybridized carbons (Fsp3) is 0.500. The highest BCUT2D eigenvalue weighted by molar-refractivity contribution is 5.98. The van der Waals surface area contributed by atoms with Gasteiger partial charge in [0.05, 0.1) is 19.8 Å². The van der Waals surface area contributed by atoms with Gasteiger partial charge in [0.15, 0.2) is 0 Å². The lowest BCUT2D eigenvalue weighted by Crippen LogP contribution is -2.56. The van der Waals surface area contributed by atoms with Crippen LogP contribution in [0.2, 0.25) is 0 Å². The second-order valence-electron chi connectivity index (χ2n) is 9.77. The van der Waals surface area contributed by atoms with Gasteiger partial charge in [0, 0.05) is 23.5 Å². The summed E-state index contributed by atoms with van der Waals surface area (Å²) < 4.78 is 11.5. The third-order valence-corrected chi connectivity index (χ3v) is 7.38. The Morgan fingerprint density at radius 3 is 2.53 bits per heavy atom. The predicted octanol–water partition coefficient (Wildman–Crippen LogP) is 4.88. The number of rotatable bonds is 9. The van der Waals surface area contributed by atoms with E-state index < -0.39 is 11.5 Å². The Morgan fingerprint density at radius 1 is 1.15 bits per heavy atom. The topological polar surface area (TPSA) is 84.9 Å². The van der Waals surface area contributed by atoms with Gasteiger partial charge in [0.1, 0.15) is 11.3 Å². The van der Waals surface area contributed by atoms with Crippen LogP contribution in [0.3, 0.4) is 0 Å². The average Bonchev–Trinajstić information content (AvgIpc) is 2.79. The SMILES string of the molecule is CC[C@H]1CC[C@](NC(=O)c2ccc(C3COC3)c(OCCc3cccc(C)c3)c2)(C(=O)O)CC1. The maximum atomic E-state index is 13.2. The molecule has 182 valence electrons. The molecule has 0 unspecified atom stereocenters. The van der Waals surface area contributed by atoms with E-state index in [0.717, 1.165) is 31.2 Å². The number of ether oxygens (including phenoxy) is 2. The lowest BCUT2D eigenvalue weighted by Gasteiger charge is -2.37. The first kappa shape index (κ1) is 24.3. The second kappa shape index (κ2) is 10.6. The van der Waals surface area contributed by atoms with Crippen molar-refractivity contribution in [1.82, 2.24) is 5.32 Å². The minimum absolute atomic E-state index is 0.251. The van der Waals surface area contributed by atoms with Crippen molar-refractivity contribution in [3.63, 3.8) is 0 Å². The van der Waals surface area contributed by atoms with Gasteiger partial charge in [-0.15, -0.1) is 0 Å². The molecular weight excluding hydrogens is 430 g/mol. The molecule has 2 aliphatic rings. The Morgan fingerprint density at radius 2 is 1.91 bits per heavy atom. The first-order valence-electron chi connectivity index (χ1n) is 12.4. The van der Waals surface area contributed by atoms with E-state index in [1.54, 1.807) is 12.1 Å². The first-order valence-corrected chi connectivity index (χ1v) is 12.4. The molecule has 1 amide bonds. The quantitative estimate of drug-likeness (QED) is 0.551. The summed E-state index contributed by atoms with van der Waals surface area (Å²) in [5.41, 5.74) is 2.67. The fourth-order valence-corrected chi connectivity index (χ4v) is 4.96. The number of carbonyl (C=O) groups is 2. The molecule has 0 radical (unpaired) electrons. The highest BCUT2D eigenvalue weighted by atomic mass is 16.5. The summed E-state index contributed by atoms with van der Waals surface area (Å²) in [6, 6.07) is 13.8. The molecule has 1 heterocycles. The number of hydrogen-bond acceptors (Lipinski definition) is 4. The number of carboxylic acid groups (broad SMARTS) is 1. The zero-order valence-electron chi connectivity index (χ0n) is 20.1. The van der Waals surface area contributed by atoms with Crippen molar-refractivity contribution < 1.29 is 24.2 Å². The van der Waals surface area contributed by atoms with Crippen LogP contribution in [0, 0.1) is 12.8 Å². The van der Waals surface area contributed by atoms with Crippen molar-refractivity contribution in [3.8, 4) is 5.75 Å². The summed E-state index contributed by atoms with van der Waals surface area (Å²) >= 11 is 0. The standard InChI is InChI=1S/C28H35NO5/c1-3-20-9-12-28(13-10-20,27(31)32)29-26(30)22-7-8-24(23-17-33-18-23)25(16-22)34-14-11-21-6-4-5-19(2)15-21/h4-8,15-16,20,23H,3,9-14,17-18H2,1-2H3,(H,29,30)(H,31,32)/t20-,28+. The van der Waals surface area contributed by atoms with Crippen molar-refractivity contribution in [2.45, 2.75) is 63.8 Å². The minimum atomic E-state index is -1.20. The van der Waals surface area contributed by atoms with Crippen molar-refractivity contribution in [2.75, 3.05) is 19.8 Å². The van der Waals surface area contributed by atoms with Gasteiger partial charge in [-0.25, -0.2) is 4.79 Å². The number of amides is 1. The molecule has 0 bridgehead atoms. The van der Waals surface area contributed by atoms with Gasteiger partial charge >= 0.3 is 5.97 Å². The van der Waals surface area contributed by atoms with Gasteiger partial charge in [-0.2, -0.15) is 0 Å². The predicted molar refractivity (Wildman–Crippen MR) is 130 cm³/mol. The van der Waals surface area contributed by atoms with Gasteiger partial charge in [-0.1, -0.05) is 49.2 Å². The maximum Gasteiger partial charge on any atom is 0.329 e. The Labute approximate surface area is 201 Å². The molecular formula is C28H35NO5. The second-order valence-corrected chi connectivity index (χ2v) is 9.77. The zero-order chi connectivity index (χ0) is 24.1. The van der Waals surface area contributed by atoms with Gasteiger partial charge in [-0.05, 0) is 56.2 Å². The first-order chi connectivity index (χ1) is 16.4. The molecule has 34 heavy (non-hydrogen) atoms. The van der Waals surface area contributed by atoms with Crippen molar-refractivity contribution >= 4 is 11.9 Å². The van der Waals surface area contributed by atoms with E-state index >= 15 is 0 Å². The molecule has 4 rings (SSSR count). The highest BCUT2D eigenvalue weighted by Gasteiger charge is 2.43. The summed E-state index contributed by atoms with van der Waals surface area (Å²) in [5, 5.41) is 12.8.